The summed E-state index contributed by atoms with van der Waals surface area (Å²) < 4.78 is 5.14. The number of carbonyl (C=O) groups is 3. The van der Waals surface area contributed by atoms with Crippen LogP contribution in [0.3, 0.4) is 0 Å². The normalized spacial score (nSPS) is 12.6. The zero-order valence-corrected chi connectivity index (χ0v) is 16.5. The highest BCUT2D eigenvalue weighted by Crippen LogP contribution is 2.32. The Labute approximate surface area is 167 Å². The Morgan fingerprint density at radius 1 is 1.25 bits per heavy atom. The van der Waals surface area contributed by atoms with Gasteiger partial charge in [-0.1, -0.05) is 6.07 Å². The minimum Gasteiger partial charge on any atom is -0.497 e. The van der Waals surface area contributed by atoms with Gasteiger partial charge < -0.3 is 20.3 Å². The van der Waals surface area contributed by atoms with Crippen LogP contribution in [0.2, 0.25) is 0 Å². The molecule has 0 radical (unpaired) electrons. The van der Waals surface area contributed by atoms with Crippen LogP contribution in [0, 0.1) is 0 Å². The molecule has 0 spiro atoms. The summed E-state index contributed by atoms with van der Waals surface area (Å²) in [5, 5.41) is 5.55. The maximum absolute atomic E-state index is 12.8. The van der Waals surface area contributed by atoms with Crippen LogP contribution in [-0.2, 0) is 9.59 Å². The first-order valence-electron chi connectivity index (χ1n) is 8.80. The SMILES string of the molecule is CCN(CC(=O)Nc1cccc(OC)c1)C(=O)c1ccc2c(c1)NC(=O)CS2. The highest BCUT2D eigenvalue weighted by atomic mass is 32.2. The zero-order chi connectivity index (χ0) is 20.1. The summed E-state index contributed by atoms with van der Waals surface area (Å²) in [5.41, 5.74) is 1.66. The molecule has 0 aliphatic carbocycles. The molecule has 3 rings (SSSR count). The molecule has 7 nitrogen and oxygen atoms in total. The van der Waals surface area contributed by atoms with Crippen LogP contribution in [0.15, 0.2) is 47.4 Å². The number of fused-ring (bicyclic) bond motifs is 1. The number of anilines is 2. The van der Waals surface area contributed by atoms with E-state index in [4.69, 9.17) is 4.74 Å². The molecule has 0 atom stereocenters. The van der Waals surface area contributed by atoms with Gasteiger partial charge in [-0.2, -0.15) is 0 Å². The van der Waals surface area contributed by atoms with Crippen molar-refractivity contribution in [2.45, 2.75) is 11.8 Å². The van der Waals surface area contributed by atoms with Crippen molar-refractivity contribution in [1.29, 1.82) is 0 Å². The van der Waals surface area contributed by atoms with Crippen molar-refractivity contribution in [3.63, 3.8) is 0 Å². The van der Waals surface area contributed by atoms with Crippen LogP contribution in [0.25, 0.3) is 0 Å². The van der Waals surface area contributed by atoms with E-state index in [-0.39, 0.29) is 24.3 Å². The van der Waals surface area contributed by atoms with Gasteiger partial charge >= 0.3 is 0 Å². The number of carbonyl (C=O) groups excluding carboxylic acids is 3. The number of nitrogens with one attached hydrogen (secondary N) is 2. The molecule has 28 heavy (non-hydrogen) atoms. The number of methoxy groups -OCH3 is 1. The van der Waals surface area contributed by atoms with Crippen LogP contribution >= 0.6 is 11.8 Å². The first-order chi connectivity index (χ1) is 13.5. The van der Waals surface area contributed by atoms with Gasteiger partial charge in [0.2, 0.25) is 11.8 Å². The number of nitrogens with zero attached hydrogens (tertiary/aromatic N) is 1. The first-order valence-corrected chi connectivity index (χ1v) is 9.78. The fourth-order valence-corrected chi connectivity index (χ4v) is 3.59. The molecule has 0 aromatic heterocycles. The molecule has 1 aliphatic rings. The molecule has 8 heteroatoms. The van der Waals surface area contributed by atoms with Crippen molar-refractivity contribution in [2.75, 3.05) is 36.6 Å². The second-order valence-electron chi connectivity index (χ2n) is 6.15. The summed E-state index contributed by atoms with van der Waals surface area (Å²) in [5.74, 6) is 0.342. The number of amides is 3. The fourth-order valence-electron chi connectivity index (χ4n) is 2.80. The maximum Gasteiger partial charge on any atom is 0.254 e. The van der Waals surface area contributed by atoms with Crippen LogP contribution in [0.4, 0.5) is 11.4 Å². The van der Waals surface area contributed by atoms with Gasteiger partial charge in [-0.15, -0.1) is 11.8 Å². The molecule has 1 heterocycles. The van der Waals surface area contributed by atoms with E-state index in [9.17, 15) is 14.4 Å². The quantitative estimate of drug-likeness (QED) is 0.780. The van der Waals surface area contributed by atoms with Crippen molar-refractivity contribution in [3.8, 4) is 5.75 Å². The molecule has 2 aromatic carbocycles. The van der Waals surface area contributed by atoms with E-state index in [1.165, 1.54) is 16.7 Å². The van der Waals surface area contributed by atoms with Gasteiger partial charge in [-0.05, 0) is 37.3 Å². The second kappa shape index (κ2) is 8.79. The summed E-state index contributed by atoms with van der Waals surface area (Å²) in [4.78, 5) is 39.2. The van der Waals surface area contributed by atoms with Crippen molar-refractivity contribution in [2.24, 2.45) is 0 Å². The van der Waals surface area contributed by atoms with Gasteiger partial charge in [-0.25, -0.2) is 0 Å². The largest absolute Gasteiger partial charge is 0.497 e. The predicted molar refractivity (Wildman–Crippen MR) is 109 cm³/mol. The Hall–Kier alpha value is -3.00. The minimum absolute atomic E-state index is 0.0786. The Balaban J connectivity index is 1.68. The molecule has 0 saturated carbocycles. The molecule has 0 unspecified atom stereocenters. The third kappa shape index (κ3) is 4.64. The second-order valence-corrected chi connectivity index (χ2v) is 7.16. The van der Waals surface area contributed by atoms with Gasteiger partial charge in [0, 0.05) is 28.8 Å². The van der Waals surface area contributed by atoms with Crippen LogP contribution in [0.5, 0.6) is 5.75 Å². The first kappa shape index (κ1) is 19.8. The number of ether oxygens (including phenoxy) is 1. The molecule has 0 bridgehead atoms. The van der Waals surface area contributed by atoms with Crippen molar-refractivity contribution in [3.05, 3.63) is 48.0 Å². The molecule has 0 fully saturated rings. The lowest BCUT2D eigenvalue weighted by molar-refractivity contribution is -0.117. The minimum atomic E-state index is -0.301. The van der Waals surface area contributed by atoms with E-state index in [2.05, 4.69) is 10.6 Å². The van der Waals surface area contributed by atoms with E-state index in [0.717, 1.165) is 4.90 Å². The Morgan fingerprint density at radius 2 is 2.07 bits per heavy atom. The number of hydrogen-bond acceptors (Lipinski definition) is 5. The van der Waals surface area contributed by atoms with Crippen molar-refractivity contribution < 1.29 is 19.1 Å². The third-order valence-corrected chi connectivity index (χ3v) is 5.29. The van der Waals surface area contributed by atoms with Gasteiger partial charge in [0.1, 0.15) is 12.3 Å². The monoisotopic (exact) mass is 399 g/mol. The summed E-state index contributed by atoms with van der Waals surface area (Å²) >= 11 is 1.43. The van der Waals surface area contributed by atoms with Crippen LogP contribution < -0.4 is 15.4 Å². The molecule has 2 aromatic rings. The topological polar surface area (TPSA) is 87.7 Å². The van der Waals surface area contributed by atoms with E-state index >= 15 is 0 Å². The lowest BCUT2D eigenvalue weighted by Gasteiger charge is -2.22. The fraction of sp³-hybridized carbons (Fsp3) is 0.250. The van der Waals surface area contributed by atoms with Gasteiger partial charge in [0.25, 0.3) is 5.91 Å². The standard InChI is InChI=1S/C20H21N3O4S/c1-3-23(11-18(24)21-14-5-4-6-15(10-14)27-2)20(26)13-7-8-17-16(9-13)22-19(25)12-28-17/h4-10H,3,11-12H2,1-2H3,(H,21,24)(H,22,25). The molecule has 0 saturated heterocycles. The molecule has 2 N–H and O–H groups in total. The van der Waals surface area contributed by atoms with E-state index in [1.54, 1.807) is 43.5 Å². The number of rotatable bonds is 6. The zero-order valence-electron chi connectivity index (χ0n) is 15.7. The lowest BCUT2D eigenvalue weighted by atomic mass is 10.1. The lowest BCUT2D eigenvalue weighted by Crippen LogP contribution is -2.38. The van der Waals surface area contributed by atoms with Gasteiger partial charge in [-0.3, -0.25) is 14.4 Å². The molecule has 146 valence electrons. The average molecular weight is 399 g/mol. The molecular weight excluding hydrogens is 378 g/mol. The predicted octanol–water partition coefficient (Wildman–Crippen LogP) is 2.84. The molecule has 3 amide bonds. The average Bonchev–Trinajstić information content (AvgIpc) is 2.71. The number of benzene rings is 2. The smallest absolute Gasteiger partial charge is 0.254 e. The Morgan fingerprint density at radius 3 is 2.82 bits per heavy atom. The number of thioether (sulfide) groups is 1. The van der Waals surface area contributed by atoms with E-state index < -0.39 is 0 Å². The van der Waals surface area contributed by atoms with E-state index in [1.807, 2.05) is 13.0 Å². The highest BCUT2D eigenvalue weighted by molar-refractivity contribution is 8.00. The van der Waals surface area contributed by atoms with Crippen LogP contribution in [0.1, 0.15) is 17.3 Å². The summed E-state index contributed by atoms with van der Waals surface area (Å²) in [6, 6.07) is 12.2. The maximum atomic E-state index is 12.8. The number of hydrogen-bond donors (Lipinski definition) is 2. The Kier molecular flexibility index (Phi) is 6.20. The van der Waals surface area contributed by atoms with E-state index in [0.29, 0.717) is 35.0 Å². The molecule has 1 aliphatic heterocycles. The molecular formula is C20H21N3O4S. The van der Waals surface area contributed by atoms with Crippen molar-refractivity contribution >= 4 is 40.9 Å². The summed E-state index contributed by atoms with van der Waals surface area (Å²) in [6.45, 7) is 2.11. The van der Waals surface area contributed by atoms with Gasteiger partial charge in [0.15, 0.2) is 0 Å². The van der Waals surface area contributed by atoms with Gasteiger partial charge in [0.05, 0.1) is 18.6 Å². The highest BCUT2D eigenvalue weighted by Gasteiger charge is 2.21. The van der Waals surface area contributed by atoms with Crippen LogP contribution in [-0.4, -0.2) is 48.6 Å². The van der Waals surface area contributed by atoms with Crippen molar-refractivity contribution in [1.82, 2.24) is 4.90 Å². The summed E-state index contributed by atoms with van der Waals surface area (Å²) in [6.07, 6.45) is 0. The summed E-state index contributed by atoms with van der Waals surface area (Å²) in [7, 11) is 1.55. The Bertz CT molecular complexity index is 916. The number of likely N-dealkylation sites (N-methyl/N-ethyl adjacent to an activating group) is 1. The third-order valence-electron chi connectivity index (χ3n) is 4.22.